The molecule has 1 aliphatic heterocycles. The smallest absolute Gasteiger partial charge is 0.0895 e. The first-order valence-corrected chi connectivity index (χ1v) is 6.26. The Bertz CT molecular complexity index is 358. The lowest BCUT2D eigenvalue weighted by molar-refractivity contribution is 0.717. The molecule has 0 spiro atoms. The van der Waals surface area contributed by atoms with Gasteiger partial charge in [-0.2, -0.15) is 0 Å². The van der Waals surface area contributed by atoms with E-state index in [0.29, 0.717) is 0 Å². The lowest BCUT2D eigenvalue weighted by Gasteiger charge is -2.18. The third-order valence-electron chi connectivity index (χ3n) is 3.04. The second-order valence-corrected chi connectivity index (χ2v) is 4.30. The topological polar surface area (TPSA) is 15.6 Å². The number of hydrogen-bond donors (Lipinski definition) is 0. The highest BCUT2D eigenvalue weighted by Gasteiger charge is 2.11. The van der Waals surface area contributed by atoms with E-state index in [2.05, 4.69) is 41.1 Å². The van der Waals surface area contributed by atoms with Gasteiger partial charge >= 0.3 is 0 Å². The Morgan fingerprint density at radius 3 is 2.88 bits per heavy atom. The van der Waals surface area contributed by atoms with E-state index in [1.54, 1.807) is 0 Å². The van der Waals surface area contributed by atoms with Crippen LogP contribution in [0, 0.1) is 0 Å². The number of anilines is 1. The van der Waals surface area contributed by atoms with E-state index < -0.39 is 0 Å². The van der Waals surface area contributed by atoms with Gasteiger partial charge in [-0.15, -0.1) is 0 Å². The summed E-state index contributed by atoms with van der Waals surface area (Å²) in [6.45, 7) is 4.22. The molecule has 1 aromatic carbocycles. The summed E-state index contributed by atoms with van der Waals surface area (Å²) in [6.07, 6.45) is 7.06. The molecule has 0 aromatic heterocycles. The molecule has 1 heterocycles. The second kappa shape index (κ2) is 5.69. The van der Waals surface area contributed by atoms with Crippen molar-refractivity contribution in [2.24, 2.45) is 4.99 Å². The highest BCUT2D eigenvalue weighted by molar-refractivity contribution is 5.82. The molecule has 86 valence electrons. The molecule has 2 heteroatoms. The van der Waals surface area contributed by atoms with Gasteiger partial charge in [0.25, 0.3) is 0 Å². The zero-order valence-corrected chi connectivity index (χ0v) is 10.0. The number of hydrogen-bond acceptors (Lipinski definition) is 2. The van der Waals surface area contributed by atoms with Crippen LogP contribution in [0.15, 0.2) is 29.3 Å². The summed E-state index contributed by atoms with van der Waals surface area (Å²) >= 11 is 0. The molecule has 2 nitrogen and oxygen atoms in total. The van der Waals surface area contributed by atoms with Crippen molar-refractivity contribution < 1.29 is 0 Å². The number of aliphatic imine (C=N–C) groups is 1. The summed E-state index contributed by atoms with van der Waals surface area (Å²) in [5.74, 6) is 0. The fourth-order valence-corrected chi connectivity index (χ4v) is 2.13. The molecule has 1 aromatic rings. The maximum atomic E-state index is 4.28. The summed E-state index contributed by atoms with van der Waals surface area (Å²) in [7, 11) is 0. The van der Waals surface area contributed by atoms with Crippen LogP contribution in [0.3, 0.4) is 0 Å². The van der Waals surface area contributed by atoms with E-state index in [0.717, 1.165) is 13.1 Å². The first-order valence-electron chi connectivity index (χ1n) is 6.26. The standard InChI is InChI=1S/C14H20N2/c1-2-3-4-7-13-8-5-6-9-14(13)16-11-10-15-12-16/h5-6,8-9,12H,2-4,7,10-11H2,1H3. The molecule has 0 fully saturated rings. The monoisotopic (exact) mass is 216 g/mol. The van der Waals surface area contributed by atoms with Crippen LogP contribution in [0.5, 0.6) is 0 Å². The molecule has 0 bridgehead atoms. The Morgan fingerprint density at radius 1 is 1.25 bits per heavy atom. The largest absolute Gasteiger partial charge is 0.331 e. The molecule has 0 saturated carbocycles. The lowest BCUT2D eigenvalue weighted by Crippen LogP contribution is -2.19. The molecular formula is C14H20N2. The number of unbranched alkanes of at least 4 members (excludes halogenated alkanes) is 2. The van der Waals surface area contributed by atoms with Crippen molar-refractivity contribution in [1.82, 2.24) is 0 Å². The van der Waals surface area contributed by atoms with Crippen molar-refractivity contribution in [3.8, 4) is 0 Å². The van der Waals surface area contributed by atoms with Crippen LogP contribution in [0.2, 0.25) is 0 Å². The van der Waals surface area contributed by atoms with Gasteiger partial charge in [-0.3, -0.25) is 4.99 Å². The molecular weight excluding hydrogens is 196 g/mol. The van der Waals surface area contributed by atoms with Gasteiger partial charge in [-0.25, -0.2) is 0 Å². The fourth-order valence-electron chi connectivity index (χ4n) is 2.13. The van der Waals surface area contributed by atoms with Gasteiger partial charge in [0.2, 0.25) is 0 Å². The van der Waals surface area contributed by atoms with Crippen LogP contribution in [-0.2, 0) is 6.42 Å². The minimum Gasteiger partial charge on any atom is -0.331 e. The number of aryl methyl sites for hydroxylation is 1. The van der Waals surface area contributed by atoms with E-state index in [1.807, 2.05) is 6.34 Å². The van der Waals surface area contributed by atoms with Crippen molar-refractivity contribution in [1.29, 1.82) is 0 Å². The Morgan fingerprint density at radius 2 is 2.12 bits per heavy atom. The van der Waals surface area contributed by atoms with Crippen LogP contribution in [-0.4, -0.2) is 19.4 Å². The van der Waals surface area contributed by atoms with Gasteiger partial charge in [-0.1, -0.05) is 38.0 Å². The summed E-state index contributed by atoms with van der Waals surface area (Å²) in [6, 6.07) is 8.71. The van der Waals surface area contributed by atoms with Gasteiger partial charge in [0, 0.05) is 12.2 Å². The predicted molar refractivity (Wildman–Crippen MR) is 70.4 cm³/mol. The van der Waals surface area contributed by atoms with Crippen LogP contribution in [0.1, 0.15) is 31.7 Å². The Kier molecular flexibility index (Phi) is 3.97. The van der Waals surface area contributed by atoms with Crippen LogP contribution >= 0.6 is 0 Å². The van der Waals surface area contributed by atoms with Crippen molar-refractivity contribution in [2.75, 3.05) is 18.0 Å². The molecule has 16 heavy (non-hydrogen) atoms. The maximum absolute atomic E-state index is 4.28. The quantitative estimate of drug-likeness (QED) is 0.690. The molecule has 0 atom stereocenters. The van der Waals surface area contributed by atoms with Gasteiger partial charge in [0.05, 0.1) is 12.9 Å². The molecule has 1 aliphatic rings. The average Bonchev–Trinajstić information content (AvgIpc) is 2.83. The summed E-state index contributed by atoms with van der Waals surface area (Å²) < 4.78 is 0. The zero-order valence-electron chi connectivity index (χ0n) is 10.0. The first kappa shape index (κ1) is 11.2. The van der Waals surface area contributed by atoms with E-state index >= 15 is 0 Å². The summed E-state index contributed by atoms with van der Waals surface area (Å²) in [4.78, 5) is 6.54. The molecule has 0 aliphatic carbocycles. The zero-order chi connectivity index (χ0) is 11.2. The van der Waals surface area contributed by atoms with Crippen molar-refractivity contribution in [3.05, 3.63) is 29.8 Å². The molecule has 0 unspecified atom stereocenters. The lowest BCUT2D eigenvalue weighted by atomic mass is 10.0. The third-order valence-corrected chi connectivity index (χ3v) is 3.04. The summed E-state index contributed by atoms with van der Waals surface area (Å²) in [5.41, 5.74) is 2.81. The van der Waals surface area contributed by atoms with Crippen molar-refractivity contribution in [2.45, 2.75) is 32.6 Å². The highest BCUT2D eigenvalue weighted by Crippen LogP contribution is 2.22. The van der Waals surface area contributed by atoms with Gasteiger partial charge in [0.1, 0.15) is 0 Å². The van der Waals surface area contributed by atoms with Gasteiger partial charge in [-0.05, 0) is 24.5 Å². The van der Waals surface area contributed by atoms with Crippen LogP contribution < -0.4 is 4.90 Å². The van der Waals surface area contributed by atoms with Crippen LogP contribution in [0.25, 0.3) is 0 Å². The van der Waals surface area contributed by atoms with Gasteiger partial charge < -0.3 is 4.90 Å². The minimum atomic E-state index is 0.934. The number of para-hydroxylation sites is 1. The van der Waals surface area contributed by atoms with E-state index in [4.69, 9.17) is 0 Å². The highest BCUT2D eigenvalue weighted by atomic mass is 15.2. The molecule has 0 radical (unpaired) electrons. The second-order valence-electron chi connectivity index (χ2n) is 4.30. The Labute approximate surface area is 98.0 Å². The Balaban J connectivity index is 2.07. The third kappa shape index (κ3) is 2.63. The van der Waals surface area contributed by atoms with E-state index in [1.165, 1.54) is 36.9 Å². The van der Waals surface area contributed by atoms with Crippen molar-refractivity contribution >= 4 is 12.0 Å². The summed E-state index contributed by atoms with van der Waals surface area (Å²) in [5, 5.41) is 0. The van der Waals surface area contributed by atoms with E-state index in [9.17, 15) is 0 Å². The number of benzene rings is 1. The maximum Gasteiger partial charge on any atom is 0.0895 e. The first-order chi connectivity index (χ1) is 7.92. The SMILES string of the molecule is CCCCCc1ccccc1N1C=NCC1. The van der Waals surface area contributed by atoms with Crippen LogP contribution in [0.4, 0.5) is 5.69 Å². The minimum absolute atomic E-state index is 0.934. The van der Waals surface area contributed by atoms with Crippen molar-refractivity contribution in [3.63, 3.8) is 0 Å². The average molecular weight is 216 g/mol. The fraction of sp³-hybridized carbons (Fsp3) is 0.500. The number of nitrogens with zero attached hydrogens (tertiary/aromatic N) is 2. The molecule has 0 amide bonds. The normalized spacial score (nSPS) is 14.7. The molecule has 0 saturated heterocycles. The molecule has 2 rings (SSSR count). The predicted octanol–water partition coefficient (Wildman–Crippen LogP) is 3.27. The number of rotatable bonds is 5. The molecule has 0 N–H and O–H groups in total. The van der Waals surface area contributed by atoms with E-state index in [-0.39, 0.29) is 0 Å². The Hall–Kier alpha value is -1.31. The van der Waals surface area contributed by atoms with Gasteiger partial charge in [0.15, 0.2) is 0 Å².